The van der Waals surface area contributed by atoms with E-state index in [4.69, 9.17) is 21.1 Å². The number of benzene rings is 1. The Balaban J connectivity index is 2.40. The summed E-state index contributed by atoms with van der Waals surface area (Å²) in [5.41, 5.74) is 2.41. The highest BCUT2D eigenvalue weighted by atomic mass is 35.5. The van der Waals surface area contributed by atoms with Gasteiger partial charge in [-0.2, -0.15) is 0 Å². The molecule has 0 amide bonds. The predicted molar refractivity (Wildman–Crippen MR) is 73.7 cm³/mol. The van der Waals surface area contributed by atoms with Crippen molar-refractivity contribution in [2.45, 2.75) is 25.9 Å². The summed E-state index contributed by atoms with van der Waals surface area (Å²) in [6.07, 6.45) is 0.0829. The number of ether oxygens (including phenoxy) is 2. The quantitative estimate of drug-likeness (QED) is 0.915. The van der Waals surface area contributed by atoms with Crippen LogP contribution < -0.4 is 10.1 Å². The van der Waals surface area contributed by atoms with Gasteiger partial charge in [-0.15, -0.1) is 0 Å². The molecule has 0 bridgehead atoms. The highest BCUT2D eigenvalue weighted by molar-refractivity contribution is 6.32. The molecule has 4 heteroatoms. The van der Waals surface area contributed by atoms with Gasteiger partial charge in [-0.1, -0.05) is 25.4 Å². The lowest BCUT2D eigenvalue weighted by molar-refractivity contribution is 0.0270. The van der Waals surface area contributed by atoms with Crippen LogP contribution in [0.4, 0.5) is 0 Å². The van der Waals surface area contributed by atoms with Crippen LogP contribution in [-0.4, -0.2) is 26.8 Å². The molecule has 1 aliphatic rings. The van der Waals surface area contributed by atoms with Crippen molar-refractivity contribution in [1.82, 2.24) is 5.32 Å². The largest absolute Gasteiger partial charge is 0.495 e. The van der Waals surface area contributed by atoms with E-state index in [0.717, 1.165) is 25.4 Å². The molecule has 0 aromatic heterocycles. The van der Waals surface area contributed by atoms with Crippen molar-refractivity contribution in [2.75, 3.05) is 26.8 Å². The van der Waals surface area contributed by atoms with Gasteiger partial charge >= 0.3 is 0 Å². The lowest BCUT2D eigenvalue weighted by Crippen LogP contribution is -2.33. The van der Waals surface area contributed by atoms with Crippen molar-refractivity contribution in [3.63, 3.8) is 0 Å². The van der Waals surface area contributed by atoms with Crippen LogP contribution in [0.1, 0.15) is 37.0 Å². The third-order valence-corrected chi connectivity index (χ3v) is 3.55. The summed E-state index contributed by atoms with van der Waals surface area (Å²) in [7, 11) is 1.64. The Hall–Kier alpha value is -0.770. The van der Waals surface area contributed by atoms with Gasteiger partial charge in [-0.3, -0.25) is 0 Å². The van der Waals surface area contributed by atoms with Gasteiger partial charge in [0.05, 0.1) is 24.8 Å². The average molecular weight is 270 g/mol. The van der Waals surface area contributed by atoms with Crippen LogP contribution >= 0.6 is 11.6 Å². The Morgan fingerprint density at radius 3 is 2.78 bits per heavy atom. The molecule has 0 aliphatic carbocycles. The topological polar surface area (TPSA) is 30.5 Å². The maximum absolute atomic E-state index is 6.22. The number of morpholine rings is 1. The second-order valence-electron chi connectivity index (χ2n) is 4.83. The van der Waals surface area contributed by atoms with E-state index < -0.39 is 0 Å². The molecule has 1 aromatic carbocycles. The highest BCUT2D eigenvalue weighted by Gasteiger charge is 2.22. The molecule has 1 saturated heterocycles. The molecule has 0 saturated carbocycles. The fraction of sp³-hybridized carbons (Fsp3) is 0.571. The Morgan fingerprint density at radius 2 is 2.22 bits per heavy atom. The molecular weight excluding hydrogens is 250 g/mol. The molecule has 1 atom stereocenters. The minimum atomic E-state index is 0.0829. The molecule has 0 spiro atoms. The first kappa shape index (κ1) is 13.7. The predicted octanol–water partition coefficient (Wildman–Crippen LogP) is 3.13. The van der Waals surface area contributed by atoms with Gasteiger partial charge in [0, 0.05) is 13.1 Å². The van der Waals surface area contributed by atoms with E-state index in [-0.39, 0.29) is 6.10 Å². The van der Waals surface area contributed by atoms with Gasteiger partial charge < -0.3 is 14.8 Å². The van der Waals surface area contributed by atoms with Crippen LogP contribution in [-0.2, 0) is 4.74 Å². The zero-order valence-electron chi connectivity index (χ0n) is 11.1. The number of hydrogen-bond donors (Lipinski definition) is 1. The van der Waals surface area contributed by atoms with Crippen molar-refractivity contribution in [1.29, 1.82) is 0 Å². The monoisotopic (exact) mass is 269 g/mol. The van der Waals surface area contributed by atoms with E-state index in [0.29, 0.717) is 10.9 Å². The third-order valence-electron chi connectivity index (χ3n) is 3.25. The second-order valence-corrected chi connectivity index (χ2v) is 5.24. The summed E-state index contributed by atoms with van der Waals surface area (Å²) in [4.78, 5) is 0. The fourth-order valence-corrected chi connectivity index (χ4v) is 2.53. The highest BCUT2D eigenvalue weighted by Crippen LogP contribution is 2.36. The third kappa shape index (κ3) is 2.79. The second kappa shape index (κ2) is 5.91. The molecular formula is C14H20ClNO2. The van der Waals surface area contributed by atoms with Crippen molar-refractivity contribution in [3.05, 3.63) is 28.3 Å². The molecule has 1 aliphatic heterocycles. The van der Waals surface area contributed by atoms with E-state index in [9.17, 15) is 0 Å². The van der Waals surface area contributed by atoms with E-state index >= 15 is 0 Å². The first-order valence-corrected chi connectivity index (χ1v) is 6.71. The zero-order chi connectivity index (χ0) is 13.1. The van der Waals surface area contributed by atoms with Crippen molar-refractivity contribution < 1.29 is 9.47 Å². The average Bonchev–Trinajstić information content (AvgIpc) is 2.39. The van der Waals surface area contributed by atoms with E-state index in [1.54, 1.807) is 7.11 Å². The van der Waals surface area contributed by atoms with Crippen molar-refractivity contribution in [2.24, 2.45) is 0 Å². The molecule has 3 nitrogen and oxygen atoms in total. The fourth-order valence-electron chi connectivity index (χ4n) is 2.28. The number of hydrogen-bond acceptors (Lipinski definition) is 3. The lowest BCUT2D eigenvalue weighted by Gasteiger charge is -2.27. The van der Waals surface area contributed by atoms with E-state index in [1.807, 2.05) is 12.1 Å². The Labute approximate surface area is 113 Å². The lowest BCUT2D eigenvalue weighted by atomic mass is 9.93. The summed E-state index contributed by atoms with van der Waals surface area (Å²) in [5.74, 6) is 1.14. The van der Waals surface area contributed by atoms with Crippen LogP contribution in [0.3, 0.4) is 0 Å². The first-order valence-electron chi connectivity index (χ1n) is 6.33. The minimum absolute atomic E-state index is 0.0829. The van der Waals surface area contributed by atoms with Gasteiger partial charge in [-0.25, -0.2) is 0 Å². The molecule has 0 radical (unpaired) electrons. The molecule has 1 N–H and O–H groups in total. The van der Waals surface area contributed by atoms with Crippen LogP contribution in [0, 0.1) is 0 Å². The molecule has 100 valence electrons. The van der Waals surface area contributed by atoms with Gasteiger partial charge in [0.15, 0.2) is 0 Å². The van der Waals surface area contributed by atoms with Gasteiger partial charge in [0.25, 0.3) is 0 Å². The van der Waals surface area contributed by atoms with Crippen LogP contribution in [0.5, 0.6) is 5.75 Å². The molecule has 2 rings (SSSR count). The summed E-state index contributed by atoms with van der Waals surface area (Å²) in [6.45, 7) is 6.83. The van der Waals surface area contributed by atoms with Crippen molar-refractivity contribution in [3.8, 4) is 5.75 Å². The number of nitrogens with one attached hydrogen (secondary N) is 1. The maximum Gasteiger partial charge on any atom is 0.137 e. The number of rotatable bonds is 3. The molecule has 1 unspecified atom stereocenters. The Morgan fingerprint density at radius 1 is 1.44 bits per heavy atom. The number of methoxy groups -OCH3 is 1. The Kier molecular flexibility index (Phi) is 4.49. The zero-order valence-corrected chi connectivity index (χ0v) is 11.9. The molecule has 1 heterocycles. The molecule has 1 aromatic rings. The van der Waals surface area contributed by atoms with Crippen molar-refractivity contribution >= 4 is 11.6 Å². The maximum atomic E-state index is 6.22. The Bertz CT molecular complexity index is 415. The molecule has 18 heavy (non-hydrogen) atoms. The first-order chi connectivity index (χ1) is 8.63. The van der Waals surface area contributed by atoms with Crippen LogP contribution in [0.2, 0.25) is 5.02 Å². The van der Waals surface area contributed by atoms with E-state index in [2.05, 4.69) is 19.2 Å². The van der Waals surface area contributed by atoms with Gasteiger partial charge in [-0.05, 0) is 29.2 Å². The minimum Gasteiger partial charge on any atom is -0.495 e. The normalized spacial score (nSPS) is 20.2. The molecule has 1 fully saturated rings. The van der Waals surface area contributed by atoms with Gasteiger partial charge in [0.1, 0.15) is 5.75 Å². The summed E-state index contributed by atoms with van der Waals surface area (Å²) in [6, 6.07) is 4.01. The summed E-state index contributed by atoms with van der Waals surface area (Å²) < 4.78 is 11.1. The van der Waals surface area contributed by atoms with Crippen LogP contribution in [0.25, 0.3) is 0 Å². The SMILES string of the molecule is COc1cc(C(C)C)c(C2CNCCO2)cc1Cl. The summed E-state index contributed by atoms with van der Waals surface area (Å²) >= 11 is 6.22. The van der Waals surface area contributed by atoms with Gasteiger partial charge in [0.2, 0.25) is 0 Å². The van der Waals surface area contributed by atoms with Crippen LogP contribution in [0.15, 0.2) is 12.1 Å². The summed E-state index contributed by atoms with van der Waals surface area (Å²) in [5, 5.41) is 3.99. The number of halogens is 1. The standard InChI is InChI=1S/C14H20ClNO2/c1-9(2)10-7-13(17-3)12(15)6-11(10)14-8-16-4-5-18-14/h6-7,9,14,16H,4-5,8H2,1-3H3. The smallest absolute Gasteiger partial charge is 0.137 e. The van der Waals surface area contributed by atoms with E-state index in [1.165, 1.54) is 11.1 Å².